The Morgan fingerprint density at radius 3 is 2.88 bits per heavy atom. The van der Waals surface area contributed by atoms with Crippen LogP contribution in [0.5, 0.6) is 0 Å². The van der Waals surface area contributed by atoms with E-state index in [0.717, 1.165) is 39.7 Å². The molecule has 0 radical (unpaired) electrons. The van der Waals surface area contributed by atoms with E-state index in [0.29, 0.717) is 6.54 Å². The molecule has 5 heteroatoms. The van der Waals surface area contributed by atoms with E-state index in [1.165, 1.54) is 0 Å². The van der Waals surface area contributed by atoms with Crippen molar-refractivity contribution in [3.8, 4) is 0 Å². The molecule has 0 aliphatic heterocycles. The zero-order chi connectivity index (χ0) is 12.3. The maximum atomic E-state index is 5.95. The Morgan fingerprint density at radius 1 is 1.29 bits per heavy atom. The van der Waals surface area contributed by atoms with Crippen molar-refractivity contribution >= 4 is 38.2 Å². The molecule has 2 rings (SSSR count). The van der Waals surface area contributed by atoms with Crippen LogP contribution < -0.4 is 16.8 Å². The van der Waals surface area contributed by atoms with Gasteiger partial charge in [0.05, 0.1) is 0 Å². The van der Waals surface area contributed by atoms with Crippen LogP contribution in [0.4, 0.5) is 11.5 Å². The Bertz CT molecular complexity index is 527. The van der Waals surface area contributed by atoms with E-state index >= 15 is 0 Å². The average molecular weight is 295 g/mol. The number of nitrogens with zero attached hydrogens (tertiary/aromatic N) is 1. The van der Waals surface area contributed by atoms with Crippen LogP contribution in [-0.2, 0) is 0 Å². The standard InChI is InChI=1S/C12H15BrN4/c13-9-2-3-10(15)8-4-7-17-12(11(8)9)16-6-1-5-14/h2-4,7H,1,5-6,14-15H2,(H,16,17). The van der Waals surface area contributed by atoms with Crippen LogP contribution in [0, 0.1) is 0 Å². The number of pyridine rings is 1. The summed E-state index contributed by atoms with van der Waals surface area (Å²) in [7, 11) is 0. The highest BCUT2D eigenvalue weighted by Crippen LogP contribution is 2.32. The smallest absolute Gasteiger partial charge is 0.135 e. The van der Waals surface area contributed by atoms with Crippen LogP contribution in [0.15, 0.2) is 28.9 Å². The van der Waals surface area contributed by atoms with Crippen LogP contribution in [0.1, 0.15) is 6.42 Å². The van der Waals surface area contributed by atoms with Crippen LogP contribution in [0.2, 0.25) is 0 Å². The third kappa shape index (κ3) is 2.50. The lowest BCUT2D eigenvalue weighted by atomic mass is 10.1. The molecule has 0 spiro atoms. The number of hydrogen-bond acceptors (Lipinski definition) is 4. The number of nitrogens with two attached hydrogens (primary N) is 2. The predicted octanol–water partition coefficient (Wildman–Crippen LogP) is 2.34. The number of benzene rings is 1. The van der Waals surface area contributed by atoms with Gasteiger partial charge < -0.3 is 16.8 Å². The Balaban J connectivity index is 2.45. The molecule has 0 saturated carbocycles. The molecule has 4 nitrogen and oxygen atoms in total. The summed E-state index contributed by atoms with van der Waals surface area (Å²) in [4.78, 5) is 4.34. The number of rotatable bonds is 4. The molecule has 0 amide bonds. The van der Waals surface area contributed by atoms with E-state index in [9.17, 15) is 0 Å². The molecule has 2 aromatic rings. The average Bonchev–Trinajstić information content (AvgIpc) is 2.34. The first kappa shape index (κ1) is 12.1. The fourth-order valence-electron chi connectivity index (χ4n) is 1.72. The molecule has 0 aliphatic carbocycles. The summed E-state index contributed by atoms with van der Waals surface area (Å²) in [6, 6.07) is 5.74. The lowest BCUT2D eigenvalue weighted by molar-refractivity contribution is 0.871. The maximum Gasteiger partial charge on any atom is 0.135 e. The van der Waals surface area contributed by atoms with Crippen molar-refractivity contribution in [2.45, 2.75) is 6.42 Å². The second-order valence-corrected chi connectivity index (χ2v) is 4.64. The normalized spacial score (nSPS) is 10.7. The number of nitrogen functional groups attached to an aromatic ring is 1. The van der Waals surface area contributed by atoms with Gasteiger partial charge in [-0.1, -0.05) is 15.9 Å². The van der Waals surface area contributed by atoms with Gasteiger partial charge in [0.2, 0.25) is 0 Å². The minimum Gasteiger partial charge on any atom is -0.398 e. The molecular weight excluding hydrogens is 280 g/mol. The van der Waals surface area contributed by atoms with Crippen molar-refractivity contribution < 1.29 is 0 Å². The van der Waals surface area contributed by atoms with Crippen LogP contribution >= 0.6 is 15.9 Å². The van der Waals surface area contributed by atoms with Gasteiger partial charge in [-0.2, -0.15) is 0 Å². The third-order valence-electron chi connectivity index (χ3n) is 2.58. The molecule has 1 heterocycles. The topological polar surface area (TPSA) is 77.0 Å². The van der Waals surface area contributed by atoms with E-state index in [4.69, 9.17) is 11.5 Å². The first-order chi connectivity index (χ1) is 8.24. The number of anilines is 2. The van der Waals surface area contributed by atoms with Gasteiger partial charge in [-0.25, -0.2) is 4.98 Å². The number of aromatic nitrogens is 1. The highest BCUT2D eigenvalue weighted by atomic mass is 79.9. The quantitative estimate of drug-likeness (QED) is 0.597. The van der Waals surface area contributed by atoms with Crippen molar-refractivity contribution in [2.75, 3.05) is 24.1 Å². The first-order valence-electron chi connectivity index (χ1n) is 5.50. The van der Waals surface area contributed by atoms with Crippen molar-refractivity contribution in [3.05, 3.63) is 28.9 Å². The lowest BCUT2D eigenvalue weighted by Crippen LogP contribution is -2.09. The molecule has 0 saturated heterocycles. The Hall–Kier alpha value is -1.33. The maximum absolute atomic E-state index is 5.95. The van der Waals surface area contributed by atoms with E-state index in [1.807, 2.05) is 18.2 Å². The molecule has 0 fully saturated rings. The summed E-state index contributed by atoms with van der Waals surface area (Å²) in [6.07, 6.45) is 2.67. The highest BCUT2D eigenvalue weighted by molar-refractivity contribution is 9.10. The molecule has 0 aliphatic rings. The first-order valence-corrected chi connectivity index (χ1v) is 6.30. The Labute approximate surface area is 109 Å². The lowest BCUT2D eigenvalue weighted by Gasteiger charge is -2.11. The van der Waals surface area contributed by atoms with E-state index in [-0.39, 0.29) is 0 Å². The summed E-state index contributed by atoms with van der Waals surface area (Å²) in [6.45, 7) is 1.48. The second-order valence-electron chi connectivity index (χ2n) is 3.79. The third-order valence-corrected chi connectivity index (χ3v) is 3.24. The van der Waals surface area contributed by atoms with Crippen LogP contribution in [-0.4, -0.2) is 18.1 Å². The van der Waals surface area contributed by atoms with Gasteiger partial charge in [-0.05, 0) is 31.2 Å². The van der Waals surface area contributed by atoms with Gasteiger partial charge in [0, 0.05) is 33.7 Å². The van der Waals surface area contributed by atoms with Gasteiger partial charge in [0.1, 0.15) is 5.82 Å². The molecule has 5 N–H and O–H groups in total. The summed E-state index contributed by atoms with van der Waals surface area (Å²) in [5, 5.41) is 5.30. The molecule has 1 aromatic heterocycles. The van der Waals surface area contributed by atoms with Crippen LogP contribution in [0.25, 0.3) is 10.8 Å². The van der Waals surface area contributed by atoms with E-state index < -0.39 is 0 Å². The molecule has 90 valence electrons. The second kappa shape index (κ2) is 5.33. The predicted molar refractivity (Wildman–Crippen MR) is 76.0 cm³/mol. The number of hydrogen-bond donors (Lipinski definition) is 3. The number of halogens is 1. The highest BCUT2D eigenvalue weighted by Gasteiger charge is 2.07. The summed E-state index contributed by atoms with van der Waals surface area (Å²) < 4.78 is 0.991. The Morgan fingerprint density at radius 2 is 2.12 bits per heavy atom. The van der Waals surface area contributed by atoms with Gasteiger partial charge in [0.25, 0.3) is 0 Å². The molecule has 1 aromatic carbocycles. The van der Waals surface area contributed by atoms with E-state index in [1.54, 1.807) is 6.20 Å². The zero-order valence-electron chi connectivity index (χ0n) is 9.41. The minimum atomic E-state index is 0.668. The summed E-state index contributed by atoms with van der Waals surface area (Å²) in [5.74, 6) is 0.843. The SMILES string of the molecule is NCCCNc1nccc2c(N)ccc(Br)c12. The number of fused-ring (bicyclic) bond motifs is 1. The van der Waals surface area contributed by atoms with Crippen molar-refractivity contribution in [3.63, 3.8) is 0 Å². The molecule has 0 atom stereocenters. The van der Waals surface area contributed by atoms with E-state index in [2.05, 4.69) is 26.2 Å². The minimum absolute atomic E-state index is 0.668. The number of nitrogens with one attached hydrogen (secondary N) is 1. The molecule has 0 unspecified atom stereocenters. The Kier molecular flexibility index (Phi) is 3.81. The van der Waals surface area contributed by atoms with Crippen molar-refractivity contribution in [2.24, 2.45) is 5.73 Å². The van der Waals surface area contributed by atoms with Crippen molar-refractivity contribution in [1.29, 1.82) is 0 Å². The fourth-order valence-corrected chi connectivity index (χ4v) is 2.26. The molecule has 0 bridgehead atoms. The zero-order valence-corrected chi connectivity index (χ0v) is 11.0. The van der Waals surface area contributed by atoms with Gasteiger partial charge in [-0.3, -0.25) is 0 Å². The summed E-state index contributed by atoms with van der Waals surface area (Å²) in [5.41, 5.74) is 12.2. The summed E-state index contributed by atoms with van der Waals surface area (Å²) >= 11 is 3.53. The van der Waals surface area contributed by atoms with Crippen molar-refractivity contribution in [1.82, 2.24) is 4.98 Å². The monoisotopic (exact) mass is 294 g/mol. The largest absolute Gasteiger partial charge is 0.398 e. The fraction of sp³-hybridized carbons (Fsp3) is 0.250. The van der Waals surface area contributed by atoms with Gasteiger partial charge >= 0.3 is 0 Å². The van der Waals surface area contributed by atoms with Gasteiger partial charge in [-0.15, -0.1) is 0 Å². The van der Waals surface area contributed by atoms with Crippen LogP contribution in [0.3, 0.4) is 0 Å². The van der Waals surface area contributed by atoms with Gasteiger partial charge in [0.15, 0.2) is 0 Å². The molecule has 17 heavy (non-hydrogen) atoms. The molecular formula is C12H15BrN4.